The standard InChI is InChI=1S/C16H17N3O2/c1-11(13-4-3-5-15(10-13)21-2)18-19-16(20)12-6-8-14(17)9-7-12/h3-10H,17H2,1-2H3,(H,19,20)/b18-11-. The first-order valence-electron chi connectivity index (χ1n) is 6.45. The molecular weight excluding hydrogens is 266 g/mol. The Hall–Kier alpha value is -2.82. The molecule has 2 aromatic carbocycles. The van der Waals surface area contributed by atoms with E-state index >= 15 is 0 Å². The lowest BCUT2D eigenvalue weighted by molar-refractivity contribution is 0.0955. The van der Waals surface area contributed by atoms with Gasteiger partial charge in [-0.05, 0) is 43.3 Å². The maximum atomic E-state index is 11.9. The fraction of sp³-hybridized carbons (Fsp3) is 0.125. The van der Waals surface area contributed by atoms with Crippen LogP contribution in [0.3, 0.4) is 0 Å². The molecule has 0 fully saturated rings. The number of carbonyl (C=O) groups is 1. The van der Waals surface area contributed by atoms with Gasteiger partial charge in [-0.1, -0.05) is 12.1 Å². The average molecular weight is 283 g/mol. The third-order valence-corrected chi connectivity index (χ3v) is 2.99. The fourth-order valence-electron chi connectivity index (χ4n) is 1.75. The Bertz CT molecular complexity index is 663. The minimum atomic E-state index is -0.280. The van der Waals surface area contributed by atoms with Crippen LogP contribution >= 0.6 is 0 Å². The van der Waals surface area contributed by atoms with Crippen molar-refractivity contribution in [1.82, 2.24) is 5.43 Å². The lowest BCUT2D eigenvalue weighted by atomic mass is 10.1. The van der Waals surface area contributed by atoms with Crippen molar-refractivity contribution in [3.8, 4) is 5.75 Å². The number of rotatable bonds is 4. The van der Waals surface area contributed by atoms with E-state index in [1.54, 1.807) is 31.4 Å². The number of methoxy groups -OCH3 is 1. The molecule has 5 heteroatoms. The summed E-state index contributed by atoms with van der Waals surface area (Å²) in [6, 6.07) is 14.1. The highest BCUT2D eigenvalue weighted by molar-refractivity contribution is 6.01. The van der Waals surface area contributed by atoms with Crippen LogP contribution in [-0.4, -0.2) is 18.7 Å². The molecule has 2 rings (SSSR count). The number of benzene rings is 2. The van der Waals surface area contributed by atoms with E-state index < -0.39 is 0 Å². The van der Waals surface area contributed by atoms with E-state index in [0.29, 0.717) is 17.0 Å². The third-order valence-electron chi connectivity index (χ3n) is 2.99. The molecule has 0 spiro atoms. The van der Waals surface area contributed by atoms with E-state index in [4.69, 9.17) is 10.5 Å². The summed E-state index contributed by atoms with van der Waals surface area (Å²) in [6.45, 7) is 1.82. The number of ether oxygens (including phenoxy) is 1. The molecule has 1 amide bonds. The molecule has 3 N–H and O–H groups in total. The molecule has 0 aliphatic carbocycles. The van der Waals surface area contributed by atoms with Crippen LogP contribution in [0.1, 0.15) is 22.8 Å². The SMILES string of the molecule is COc1cccc(/C(C)=N\NC(=O)c2ccc(N)cc2)c1. The molecule has 0 heterocycles. The predicted octanol–water partition coefficient (Wildman–Crippen LogP) is 2.43. The molecular formula is C16H17N3O2. The summed E-state index contributed by atoms with van der Waals surface area (Å²) in [7, 11) is 1.61. The molecule has 21 heavy (non-hydrogen) atoms. The lowest BCUT2D eigenvalue weighted by Gasteiger charge is -2.05. The quantitative estimate of drug-likeness (QED) is 0.514. The Balaban J connectivity index is 2.09. The first kappa shape index (κ1) is 14.6. The summed E-state index contributed by atoms with van der Waals surface area (Å²) in [5, 5.41) is 4.10. The minimum absolute atomic E-state index is 0.280. The highest BCUT2D eigenvalue weighted by Crippen LogP contribution is 2.13. The normalized spacial score (nSPS) is 11.0. The highest BCUT2D eigenvalue weighted by Gasteiger charge is 2.05. The van der Waals surface area contributed by atoms with E-state index in [9.17, 15) is 4.79 Å². The van der Waals surface area contributed by atoms with Gasteiger partial charge in [0.2, 0.25) is 0 Å². The van der Waals surface area contributed by atoms with E-state index in [1.165, 1.54) is 0 Å². The molecule has 0 atom stereocenters. The van der Waals surface area contributed by atoms with Crippen LogP contribution in [0.25, 0.3) is 0 Å². The Morgan fingerprint density at radius 3 is 2.52 bits per heavy atom. The first-order chi connectivity index (χ1) is 10.1. The van der Waals surface area contributed by atoms with Crippen molar-refractivity contribution in [1.29, 1.82) is 0 Å². The van der Waals surface area contributed by atoms with Crippen LogP contribution < -0.4 is 15.9 Å². The molecule has 0 aliphatic heterocycles. The Morgan fingerprint density at radius 1 is 1.14 bits per heavy atom. The molecule has 0 bridgehead atoms. The zero-order valence-electron chi connectivity index (χ0n) is 12.0. The zero-order chi connectivity index (χ0) is 15.2. The second-order valence-corrected chi connectivity index (χ2v) is 4.49. The number of anilines is 1. The summed E-state index contributed by atoms with van der Waals surface area (Å²) in [5.74, 6) is 0.462. The second kappa shape index (κ2) is 6.56. The van der Waals surface area contributed by atoms with Crippen LogP contribution in [0.2, 0.25) is 0 Å². The van der Waals surface area contributed by atoms with Crippen LogP contribution in [0.4, 0.5) is 5.69 Å². The maximum absolute atomic E-state index is 11.9. The van der Waals surface area contributed by atoms with E-state index in [0.717, 1.165) is 11.3 Å². The van der Waals surface area contributed by atoms with E-state index in [2.05, 4.69) is 10.5 Å². The van der Waals surface area contributed by atoms with Crippen LogP contribution in [0.5, 0.6) is 5.75 Å². The first-order valence-corrected chi connectivity index (χ1v) is 6.45. The number of nitrogens with one attached hydrogen (secondary N) is 1. The molecule has 0 radical (unpaired) electrons. The number of hydrazone groups is 1. The number of nitrogens with two attached hydrogens (primary N) is 1. The van der Waals surface area contributed by atoms with Crippen molar-refractivity contribution in [3.05, 3.63) is 59.7 Å². The van der Waals surface area contributed by atoms with Crippen molar-refractivity contribution in [2.45, 2.75) is 6.92 Å². The van der Waals surface area contributed by atoms with Crippen LogP contribution in [0, 0.1) is 0 Å². The Morgan fingerprint density at radius 2 is 1.86 bits per heavy atom. The molecule has 0 aromatic heterocycles. The predicted molar refractivity (Wildman–Crippen MR) is 83.5 cm³/mol. The number of hydrogen-bond donors (Lipinski definition) is 2. The van der Waals surface area contributed by atoms with Crippen LogP contribution in [0.15, 0.2) is 53.6 Å². The topological polar surface area (TPSA) is 76.7 Å². The van der Waals surface area contributed by atoms with Crippen molar-refractivity contribution in [2.24, 2.45) is 5.10 Å². The maximum Gasteiger partial charge on any atom is 0.271 e. The van der Waals surface area contributed by atoms with Gasteiger partial charge in [-0.2, -0.15) is 5.10 Å². The number of nitrogen functional groups attached to an aromatic ring is 1. The van der Waals surface area contributed by atoms with E-state index in [1.807, 2.05) is 31.2 Å². The minimum Gasteiger partial charge on any atom is -0.497 e. The zero-order valence-corrected chi connectivity index (χ0v) is 12.0. The summed E-state index contributed by atoms with van der Waals surface area (Å²) >= 11 is 0. The van der Waals surface area contributed by atoms with Gasteiger partial charge >= 0.3 is 0 Å². The van der Waals surface area contributed by atoms with Crippen molar-refractivity contribution in [2.75, 3.05) is 12.8 Å². The Kier molecular flexibility index (Phi) is 4.56. The number of hydrogen-bond acceptors (Lipinski definition) is 4. The van der Waals surface area contributed by atoms with Gasteiger partial charge in [0, 0.05) is 16.8 Å². The lowest BCUT2D eigenvalue weighted by Crippen LogP contribution is -2.19. The fourth-order valence-corrected chi connectivity index (χ4v) is 1.75. The summed E-state index contributed by atoms with van der Waals surface area (Å²) < 4.78 is 5.16. The summed E-state index contributed by atoms with van der Waals surface area (Å²) in [6.07, 6.45) is 0. The Labute approximate surface area is 123 Å². The molecule has 2 aromatic rings. The van der Waals surface area contributed by atoms with Gasteiger partial charge in [0.25, 0.3) is 5.91 Å². The molecule has 0 saturated heterocycles. The summed E-state index contributed by atoms with van der Waals surface area (Å²) in [5.41, 5.74) is 10.8. The second-order valence-electron chi connectivity index (χ2n) is 4.49. The monoisotopic (exact) mass is 283 g/mol. The largest absolute Gasteiger partial charge is 0.497 e. The molecule has 0 unspecified atom stereocenters. The molecule has 108 valence electrons. The average Bonchev–Trinajstić information content (AvgIpc) is 2.53. The van der Waals surface area contributed by atoms with Crippen molar-refractivity contribution in [3.63, 3.8) is 0 Å². The molecule has 5 nitrogen and oxygen atoms in total. The van der Waals surface area contributed by atoms with Gasteiger partial charge in [0.15, 0.2) is 0 Å². The van der Waals surface area contributed by atoms with Gasteiger partial charge in [-0.15, -0.1) is 0 Å². The van der Waals surface area contributed by atoms with Gasteiger partial charge < -0.3 is 10.5 Å². The van der Waals surface area contributed by atoms with Crippen LogP contribution in [-0.2, 0) is 0 Å². The molecule has 0 aliphatic rings. The smallest absolute Gasteiger partial charge is 0.271 e. The summed E-state index contributed by atoms with van der Waals surface area (Å²) in [4.78, 5) is 11.9. The number of amides is 1. The van der Waals surface area contributed by atoms with Crippen molar-refractivity contribution < 1.29 is 9.53 Å². The van der Waals surface area contributed by atoms with E-state index in [-0.39, 0.29) is 5.91 Å². The van der Waals surface area contributed by atoms with Gasteiger partial charge in [0.05, 0.1) is 12.8 Å². The third kappa shape index (κ3) is 3.82. The number of nitrogens with zero attached hydrogens (tertiary/aromatic N) is 1. The van der Waals surface area contributed by atoms with Gasteiger partial charge in [0.1, 0.15) is 5.75 Å². The highest BCUT2D eigenvalue weighted by atomic mass is 16.5. The van der Waals surface area contributed by atoms with Gasteiger partial charge in [-0.3, -0.25) is 4.79 Å². The molecule has 0 saturated carbocycles. The van der Waals surface area contributed by atoms with Gasteiger partial charge in [-0.25, -0.2) is 5.43 Å². The van der Waals surface area contributed by atoms with Crippen molar-refractivity contribution >= 4 is 17.3 Å². The number of carbonyl (C=O) groups excluding carboxylic acids is 1.